The normalized spacial score (nSPS) is 15.6. The van der Waals surface area contributed by atoms with Crippen LogP contribution in [-0.2, 0) is 0 Å². The predicted molar refractivity (Wildman–Crippen MR) is 92.5 cm³/mol. The van der Waals surface area contributed by atoms with Gasteiger partial charge in [-0.3, -0.25) is 9.59 Å². The molecular formula is C18H16F4N2O2S. The van der Waals surface area contributed by atoms with Crippen molar-refractivity contribution in [2.75, 3.05) is 0 Å². The van der Waals surface area contributed by atoms with Crippen molar-refractivity contribution in [2.45, 2.75) is 48.4 Å². The van der Waals surface area contributed by atoms with E-state index in [1.165, 1.54) is 6.07 Å². The van der Waals surface area contributed by atoms with Crippen LogP contribution in [0.1, 0.15) is 59.9 Å². The first-order valence-electron chi connectivity index (χ1n) is 8.32. The van der Waals surface area contributed by atoms with Crippen molar-refractivity contribution in [1.29, 1.82) is 0 Å². The summed E-state index contributed by atoms with van der Waals surface area (Å²) in [6, 6.07) is 4.56. The van der Waals surface area contributed by atoms with Gasteiger partial charge < -0.3 is 4.98 Å². The number of hydrogen-bond donors (Lipinski definition) is 1. The van der Waals surface area contributed by atoms with Crippen LogP contribution in [0.5, 0.6) is 0 Å². The van der Waals surface area contributed by atoms with E-state index in [1.807, 2.05) is 0 Å². The minimum Gasteiger partial charge on any atom is -0.310 e. The number of thioether (sulfide) groups is 1. The van der Waals surface area contributed by atoms with Crippen molar-refractivity contribution in [3.63, 3.8) is 0 Å². The molecule has 1 atom stereocenters. The molecule has 9 heteroatoms. The number of hydrogen-bond acceptors (Lipinski definition) is 4. The molecule has 0 spiro atoms. The first-order valence-corrected chi connectivity index (χ1v) is 9.13. The van der Waals surface area contributed by atoms with Gasteiger partial charge in [-0.15, -0.1) is 0 Å². The van der Waals surface area contributed by atoms with E-state index in [9.17, 15) is 27.2 Å². The van der Waals surface area contributed by atoms with Crippen LogP contribution in [-0.4, -0.2) is 21.3 Å². The first kappa shape index (κ1) is 19.6. The molecule has 1 saturated carbocycles. The van der Waals surface area contributed by atoms with Gasteiger partial charge in [0.1, 0.15) is 17.3 Å². The van der Waals surface area contributed by atoms with E-state index in [4.69, 9.17) is 0 Å². The fraction of sp³-hybridized carbons (Fsp3) is 0.389. The van der Waals surface area contributed by atoms with Crippen molar-refractivity contribution < 1.29 is 22.4 Å². The maximum atomic E-state index is 13.9. The number of nitrogens with zero attached hydrogens (tertiary/aromatic N) is 1. The van der Waals surface area contributed by atoms with Crippen molar-refractivity contribution >= 4 is 17.5 Å². The Morgan fingerprint density at radius 2 is 2.04 bits per heavy atom. The Labute approximate surface area is 156 Å². The monoisotopic (exact) mass is 400 g/mol. The second-order valence-electron chi connectivity index (χ2n) is 6.56. The zero-order valence-electron chi connectivity index (χ0n) is 14.3. The largest absolute Gasteiger partial charge is 0.446 e. The Kier molecular flexibility index (Phi) is 5.41. The zero-order valence-corrected chi connectivity index (χ0v) is 15.1. The number of aromatic amines is 1. The third kappa shape index (κ3) is 5.18. The number of H-pyrrole nitrogens is 1. The Bertz CT molecular complexity index is 922. The third-order valence-electron chi connectivity index (χ3n) is 4.25. The lowest BCUT2D eigenvalue weighted by atomic mass is 9.94. The summed E-state index contributed by atoms with van der Waals surface area (Å²) in [6.45, 7) is 1.66. The molecule has 27 heavy (non-hydrogen) atoms. The van der Waals surface area contributed by atoms with Crippen LogP contribution < -0.4 is 5.56 Å². The molecule has 0 saturated heterocycles. The van der Waals surface area contributed by atoms with Crippen molar-refractivity contribution in [3.05, 3.63) is 57.5 Å². The van der Waals surface area contributed by atoms with Crippen LogP contribution >= 0.6 is 11.8 Å². The topological polar surface area (TPSA) is 62.8 Å². The minimum absolute atomic E-state index is 0.0360. The van der Waals surface area contributed by atoms with Crippen molar-refractivity contribution in [1.82, 2.24) is 9.97 Å². The molecule has 0 unspecified atom stereocenters. The van der Waals surface area contributed by atoms with Gasteiger partial charge in [-0.25, -0.2) is 9.37 Å². The molecule has 1 fully saturated rings. The maximum Gasteiger partial charge on any atom is 0.446 e. The number of nitrogens with one attached hydrogen (secondary N) is 1. The predicted octanol–water partition coefficient (Wildman–Crippen LogP) is 4.77. The molecular weight excluding hydrogens is 384 g/mol. The molecule has 1 aromatic heterocycles. The van der Waals surface area contributed by atoms with Crippen molar-refractivity contribution in [2.24, 2.45) is 0 Å². The molecule has 144 valence electrons. The fourth-order valence-electron chi connectivity index (χ4n) is 2.70. The number of aromatic nitrogens is 2. The number of Topliss-reactive ketones (excluding diaryl/α,β-unsaturated/α-hetero) is 1. The zero-order chi connectivity index (χ0) is 19.8. The molecule has 1 aromatic carbocycles. The van der Waals surface area contributed by atoms with Gasteiger partial charge in [0.25, 0.3) is 5.56 Å². The van der Waals surface area contributed by atoms with Crippen LogP contribution in [0.2, 0.25) is 0 Å². The molecule has 0 bridgehead atoms. The number of alkyl halides is 3. The smallest absolute Gasteiger partial charge is 0.310 e. The minimum atomic E-state index is -4.57. The highest BCUT2D eigenvalue weighted by molar-refractivity contribution is 8.00. The maximum absolute atomic E-state index is 13.9. The van der Waals surface area contributed by atoms with Crippen LogP contribution in [0.3, 0.4) is 0 Å². The Morgan fingerprint density at radius 1 is 1.33 bits per heavy atom. The van der Waals surface area contributed by atoms with E-state index < -0.39 is 39.5 Å². The molecule has 1 aliphatic carbocycles. The fourth-order valence-corrected chi connectivity index (χ4v) is 3.24. The SMILES string of the molecule is C[C@@H](CC(=O)c1cc(=O)[nH]c(C2CC2)n1)c1ccc(SC(F)(F)F)c(F)c1. The van der Waals surface area contributed by atoms with E-state index in [2.05, 4.69) is 9.97 Å². The van der Waals surface area contributed by atoms with Crippen LogP contribution in [0.4, 0.5) is 17.6 Å². The summed E-state index contributed by atoms with van der Waals surface area (Å²) >= 11 is -0.520. The van der Waals surface area contributed by atoms with Gasteiger partial charge in [0.15, 0.2) is 5.78 Å². The van der Waals surface area contributed by atoms with Crippen molar-refractivity contribution in [3.8, 4) is 0 Å². The first-order chi connectivity index (χ1) is 12.6. The van der Waals surface area contributed by atoms with Gasteiger partial charge >= 0.3 is 5.51 Å². The van der Waals surface area contributed by atoms with Gasteiger partial charge in [0.05, 0.1) is 4.90 Å². The molecule has 1 aliphatic rings. The molecule has 2 aromatic rings. The molecule has 0 radical (unpaired) electrons. The van der Waals surface area contributed by atoms with E-state index in [-0.39, 0.29) is 23.8 Å². The highest BCUT2D eigenvalue weighted by Gasteiger charge is 2.31. The average Bonchev–Trinajstić information content (AvgIpc) is 3.39. The van der Waals surface area contributed by atoms with E-state index in [0.29, 0.717) is 11.4 Å². The van der Waals surface area contributed by atoms with E-state index >= 15 is 0 Å². The molecule has 4 nitrogen and oxygen atoms in total. The summed E-state index contributed by atoms with van der Waals surface area (Å²) < 4.78 is 51.1. The lowest BCUT2D eigenvalue weighted by molar-refractivity contribution is -0.0329. The standard InChI is InChI=1S/C18H16F4N2O2S/c1-9(11-4-5-15(12(19)7-11)27-18(20,21)22)6-14(25)13-8-16(26)24-17(23-13)10-2-3-10/h4-5,7-10H,2-3,6H2,1H3,(H,23,24,26)/t9-/m0/s1. The molecule has 0 amide bonds. The molecule has 0 aliphatic heterocycles. The number of benzene rings is 1. The summed E-state index contributed by atoms with van der Waals surface area (Å²) in [4.78, 5) is 30.5. The average molecular weight is 400 g/mol. The molecule has 1 N–H and O–H groups in total. The summed E-state index contributed by atoms with van der Waals surface area (Å²) in [5.41, 5.74) is -4.52. The quantitative estimate of drug-likeness (QED) is 0.431. The number of ketones is 1. The summed E-state index contributed by atoms with van der Waals surface area (Å²) in [5.74, 6) is -1.12. The Balaban J connectivity index is 1.73. The van der Waals surface area contributed by atoms with Crippen LogP contribution in [0.15, 0.2) is 34.0 Å². The number of carbonyl (C=O) groups is 1. The van der Waals surface area contributed by atoms with Gasteiger partial charge in [-0.05, 0) is 48.2 Å². The lowest BCUT2D eigenvalue weighted by Crippen LogP contribution is -2.16. The molecule has 3 rings (SSSR count). The van der Waals surface area contributed by atoms with Gasteiger partial charge in [-0.1, -0.05) is 13.0 Å². The Hall–Kier alpha value is -2.16. The number of rotatable bonds is 6. The number of halogens is 4. The summed E-state index contributed by atoms with van der Waals surface area (Å²) in [5, 5.41) is 0. The highest BCUT2D eigenvalue weighted by Crippen LogP contribution is 2.39. The van der Waals surface area contributed by atoms with Gasteiger partial charge in [-0.2, -0.15) is 13.2 Å². The second-order valence-corrected chi connectivity index (χ2v) is 7.66. The van der Waals surface area contributed by atoms with Gasteiger partial charge in [0, 0.05) is 18.4 Å². The second kappa shape index (κ2) is 7.46. The van der Waals surface area contributed by atoms with E-state index in [1.54, 1.807) is 6.92 Å². The highest BCUT2D eigenvalue weighted by atomic mass is 32.2. The summed E-state index contributed by atoms with van der Waals surface area (Å²) in [7, 11) is 0. The Morgan fingerprint density at radius 3 is 2.63 bits per heavy atom. The third-order valence-corrected chi connectivity index (χ3v) is 5.03. The van der Waals surface area contributed by atoms with Crippen LogP contribution in [0.25, 0.3) is 0 Å². The lowest BCUT2D eigenvalue weighted by Gasteiger charge is -2.13. The van der Waals surface area contributed by atoms with Crippen LogP contribution in [0, 0.1) is 5.82 Å². The molecule has 1 heterocycles. The van der Waals surface area contributed by atoms with Gasteiger partial charge in [0.2, 0.25) is 0 Å². The number of carbonyl (C=O) groups excluding carboxylic acids is 1. The summed E-state index contributed by atoms with van der Waals surface area (Å²) in [6.07, 6.45) is 1.79. The van der Waals surface area contributed by atoms with E-state index in [0.717, 1.165) is 31.0 Å².